The zero-order valence-electron chi connectivity index (χ0n) is 14.4. The Balaban J connectivity index is 1.92. The van der Waals surface area contributed by atoms with Crippen LogP contribution in [0.5, 0.6) is 11.5 Å². The number of methoxy groups -OCH3 is 2. The number of thiazole rings is 1. The predicted molar refractivity (Wildman–Crippen MR) is 100 cm³/mol. The van der Waals surface area contributed by atoms with Crippen LogP contribution in [0.25, 0.3) is 6.08 Å². The molecule has 2 aromatic rings. The zero-order valence-corrected chi connectivity index (χ0v) is 15.9. The molecule has 7 nitrogen and oxygen atoms in total. The van der Waals surface area contributed by atoms with Crippen LogP contribution in [-0.2, 0) is 14.3 Å². The molecule has 0 unspecified atom stereocenters. The standard InChI is InChI=1S/C17H17ClN2O5S/c1-10-19-11(9-26-10)4-5-17(22)25-8-16(21)20-13-7-14(23-2)12(18)6-15(13)24-3/h4-7,9H,8H2,1-3H3,(H,20,21)/b5-4+. The molecule has 0 saturated carbocycles. The number of halogens is 1. The van der Waals surface area contributed by atoms with E-state index in [-0.39, 0.29) is 0 Å². The van der Waals surface area contributed by atoms with E-state index in [1.807, 2.05) is 12.3 Å². The van der Waals surface area contributed by atoms with Gasteiger partial charge in [-0.3, -0.25) is 4.79 Å². The number of hydrogen-bond donors (Lipinski definition) is 1. The van der Waals surface area contributed by atoms with E-state index in [0.717, 1.165) is 5.01 Å². The topological polar surface area (TPSA) is 86.8 Å². The van der Waals surface area contributed by atoms with Crippen molar-refractivity contribution in [1.82, 2.24) is 4.98 Å². The lowest BCUT2D eigenvalue weighted by atomic mass is 10.2. The normalized spacial score (nSPS) is 10.6. The molecule has 26 heavy (non-hydrogen) atoms. The smallest absolute Gasteiger partial charge is 0.331 e. The second-order valence-corrected chi connectivity index (χ2v) is 6.44. The lowest BCUT2D eigenvalue weighted by Gasteiger charge is -2.13. The van der Waals surface area contributed by atoms with Crippen molar-refractivity contribution < 1.29 is 23.8 Å². The van der Waals surface area contributed by atoms with Crippen LogP contribution in [0, 0.1) is 6.92 Å². The Labute approximate surface area is 159 Å². The summed E-state index contributed by atoms with van der Waals surface area (Å²) in [5.41, 5.74) is 1.01. The van der Waals surface area contributed by atoms with E-state index >= 15 is 0 Å². The average molecular weight is 397 g/mol. The first-order valence-corrected chi connectivity index (χ1v) is 8.67. The van der Waals surface area contributed by atoms with Gasteiger partial charge in [-0.2, -0.15) is 0 Å². The molecule has 1 aromatic heterocycles. The first-order valence-electron chi connectivity index (χ1n) is 7.41. The monoisotopic (exact) mass is 396 g/mol. The second-order valence-electron chi connectivity index (χ2n) is 4.97. The second kappa shape index (κ2) is 9.21. The van der Waals surface area contributed by atoms with E-state index in [0.29, 0.717) is 27.9 Å². The average Bonchev–Trinajstić information content (AvgIpc) is 3.04. The number of amides is 1. The largest absolute Gasteiger partial charge is 0.495 e. The minimum Gasteiger partial charge on any atom is -0.495 e. The molecule has 0 radical (unpaired) electrons. The van der Waals surface area contributed by atoms with Gasteiger partial charge in [0.15, 0.2) is 6.61 Å². The van der Waals surface area contributed by atoms with Crippen LogP contribution in [0.15, 0.2) is 23.6 Å². The van der Waals surface area contributed by atoms with Crippen LogP contribution >= 0.6 is 22.9 Å². The van der Waals surface area contributed by atoms with Crippen LogP contribution in [0.4, 0.5) is 5.69 Å². The van der Waals surface area contributed by atoms with Gasteiger partial charge in [0.05, 0.1) is 35.6 Å². The summed E-state index contributed by atoms with van der Waals surface area (Å²) in [6.07, 6.45) is 2.74. The van der Waals surface area contributed by atoms with Crippen LogP contribution in [0.1, 0.15) is 10.7 Å². The predicted octanol–water partition coefficient (Wildman–Crippen LogP) is 3.32. The van der Waals surface area contributed by atoms with Crippen molar-refractivity contribution in [3.63, 3.8) is 0 Å². The summed E-state index contributed by atoms with van der Waals surface area (Å²) in [5, 5.41) is 5.63. The quantitative estimate of drug-likeness (QED) is 0.570. The number of carbonyl (C=O) groups is 2. The molecular weight excluding hydrogens is 380 g/mol. The van der Waals surface area contributed by atoms with Crippen LogP contribution in [0.3, 0.4) is 0 Å². The van der Waals surface area contributed by atoms with Crippen LogP contribution < -0.4 is 14.8 Å². The summed E-state index contributed by atoms with van der Waals surface area (Å²) in [6, 6.07) is 3.03. The van der Waals surface area contributed by atoms with E-state index in [2.05, 4.69) is 10.3 Å². The Morgan fingerprint density at radius 1 is 1.27 bits per heavy atom. The molecule has 1 amide bonds. The van der Waals surface area contributed by atoms with Gasteiger partial charge >= 0.3 is 5.97 Å². The molecule has 1 N–H and O–H groups in total. The van der Waals surface area contributed by atoms with E-state index in [1.165, 1.54) is 49.8 Å². The molecule has 0 aliphatic carbocycles. The molecule has 1 heterocycles. The van der Waals surface area contributed by atoms with Crippen molar-refractivity contribution in [1.29, 1.82) is 0 Å². The van der Waals surface area contributed by atoms with Gasteiger partial charge in [-0.1, -0.05) is 11.6 Å². The Morgan fingerprint density at radius 3 is 2.62 bits per heavy atom. The minimum atomic E-state index is -0.647. The number of aryl methyl sites for hydroxylation is 1. The molecule has 138 valence electrons. The minimum absolute atomic E-state index is 0.344. The van der Waals surface area contributed by atoms with E-state index in [4.69, 9.17) is 25.8 Å². The van der Waals surface area contributed by atoms with Crippen molar-refractivity contribution in [2.24, 2.45) is 0 Å². The molecule has 0 fully saturated rings. The Bertz CT molecular complexity index is 835. The van der Waals surface area contributed by atoms with Gasteiger partial charge in [-0.15, -0.1) is 11.3 Å². The number of aromatic nitrogens is 1. The van der Waals surface area contributed by atoms with Gasteiger partial charge in [0, 0.05) is 23.6 Å². The molecule has 9 heteroatoms. The molecule has 1 aromatic carbocycles. The maximum atomic E-state index is 12.0. The van der Waals surface area contributed by atoms with Crippen LogP contribution in [0.2, 0.25) is 5.02 Å². The third-order valence-electron chi connectivity index (χ3n) is 3.12. The molecular formula is C17H17ClN2O5S. The van der Waals surface area contributed by atoms with Gasteiger partial charge in [-0.05, 0) is 13.0 Å². The highest BCUT2D eigenvalue weighted by Crippen LogP contribution is 2.35. The molecule has 0 bridgehead atoms. The summed E-state index contributed by atoms with van der Waals surface area (Å²) < 4.78 is 15.2. The van der Waals surface area contributed by atoms with Gasteiger partial charge in [0.1, 0.15) is 11.5 Å². The number of hydrogen-bond acceptors (Lipinski definition) is 7. The number of ether oxygens (including phenoxy) is 3. The Hall–Kier alpha value is -2.58. The summed E-state index contributed by atoms with van der Waals surface area (Å²) in [5.74, 6) is -0.444. The number of rotatable bonds is 7. The maximum absolute atomic E-state index is 12.0. The number of nitrogens with one attached hydrogen (secondary N) is 1. The summed E-state index contributed by atoms with van der Waals surface area (Å²) in [7, 11) is 2.90. The third-order valence-corrected chi connectivity index (χ3v) is 4.21. The van der Waals surface area contributed by atoms with Crippen molar-refractivity contribution in [3.8, 4) is 11.5 Å². The summed E-state index contributed by atoms with van der Waals surface area (Å²) >= 11 is 7.48. The van der Waals surface area contributed by atoms with Crippen molar-refractivity contribution in [2.75, 3.05) is 26.1 Å². The molecule has 0 aliphatic heterocycles. The maximum Gasteiger partial charge on any atom is 0.331 e. The lowest BCUT2D eigenvalue weighted by Crippen LogP contribution is -2.20. The van der Waals surface area contributed by atoms with Gasteiger partial charge in [0.25, 0.3) is 5.91 Å². The van der Waals surface area contributed by atoms with E-state index in [9.17, 15) is 9.59 Å². The van der Waals surface area contributed by atoms with E-state index < -0.39 is 18.5 Å². The number of esters is 1. The number of anilines is 1. The molecule has 2 rings (SSSR count). The highest BCUT2D eigenvalue weighted by molar-refractivity contribution is 7.09. The highest BCUT2D eigenvalue weighted by atomic mass is 35.5. The number of benzene rings is 1. The van der Waals surface area contributed by atoms with E-state index in [1.54, 1.807) is 0 Å². The fourth-order valence-corrected chi connectivity index (χ4v) is 2.75. The molecule has 0 aliphatic rings. The first-order chi connectivity index (χ1) is 12.4. The summed E-state index contributed by atoms with van der Waals surface area (Å²) in [6.45, 7) is 1.41. The Morgan fingerprint density at radius 2 is 2.00 bits per heavy atom. The Kier molecular flexibility index (Phi) is 6.99. The first kappa shape index (κ1) is 19.7. The molecule has 0 saturated heterocycles. The van der Waals surface area contributed by atoms with Crippen LogP contribution in [-0.4, -0.2) is 37.7 Å². The van der Waals surface area contributed by atoms with Crippen molar-refractivity contribution in [3.05, 3.63) is 39.3 Å². The highest BCUT2D eigenvalue weighted by Gasteiger charge is 2.13. The fraction of sp³-hybridized carbons (Fsp3) is 0.235. The molecule has 0 atom stereocenters. The SMILES string of the molecule is COc1cc(NC(=O)COC(=O)/C=C/c2csc(C)n2)c(OC)cc1Cl. The van der Waals surface area contributed by atoms with Gasteiger partial charge in [0.2, 0.25) is 0 Å². The number of nitrogens with zero attached hydrogens (tertiary/aromatic N) is 1. The summed E-state index contributed by atoms with van der Waals surface area (Å²) in [4.78, 5) is 27.9. The fourth-order valence-electron chi connectivity index (χ4n) is 1.94. The van der Waals surface area contributed by atoms with Crippen molar-refractivity contribution >= 4 is 46.6 Å². The van der Waals surface area contributed by atoms with Crippen molar-refractivity contribution in [2.45, 2.75) is 6.92 Å². The third kappa shape index (κ3) is 5.47. The lowest BCUT2D eigenvalue weighted by molar-refractivity contribution is -0.142. The zero-order chi connectivity index (χ0) is 19.1. The molecule has 0 spiro atoms. The van der Waals surface area contributed by atoms with Gasteiger partial charge in [-0.25, -0.2) is 9.78 Å². The van der Waals surface area contributed by atoms with Gasteiger partial charge < -0.3 is 19.5 Å². The number of carbonyl (C=O) groups excluding carboxylic acids is 2.